The second-order valence-corrected chi connectivity index (χ2v) is 6.27. The molecule has 0 N–H and O–H groups in total. The molecule has 0 aliphatic carbocycles. The maximum absolute atomic E-state index is 12.2. The molecule has 3 nitrogen and oxygen atoms in total. The lowest BCUT2D eigenvalue weighted by molar-refractivity contribution is 0.0653. The fourth-order valence-corrected chi connectivity index (χ4v) is 3.19. The zero-order chi connectivity index (χ0) is 14.9. The lowest BCUT2D eigenvalue weighted by Crippen LogP contribution is -2.38. The van der Waals surface area contributed by atoms with Crippen LogP contribution in [0.4, 0.5) is 0 Å². The molecule has 1 fully saturated rings. The van der Waals surface area contributed by atoms with Crippen LogP contribution in [0.5, 0.6) is 0 Å². The van der Waals surface area contributed by atoms with Crippen LogP contribution in [0, 0.1) is 5.92 Å². The first-order valence-corrected chi connectivity index (χ1v) is 8.64. The summed E-state index contributed by atoms with van der Waals surface area (Å²) >= 11 is 0. The molecular formula is C18H29NO2. The smallest absolute Gasteiger partial charge is 0.289 e. The van der Waals surface area contributed by atoms with Crippen LogP contribution in [-0.2, 0) is 0 Å². The van der Waals surface area contributed by atoms with Crippen molar-refractivity contribution in [1.29, 1.82) is 0 Å². The van der Waals surface area contributed by atoms with Crippen molar-refractivity contribution >= 4 is 5.91 Å². The van der Waals surface area contributed by atoms with Crippen LogP contribution in [-0.4, -0.2) is 23.9 Å². The average molecular weight is 291 g/mol. The molecule has 0 aromatic carbocycles. The van der Waals surface area contributed by atoms with Crippen molar-refractivity contribution in [3.63, 3.8) is 0 Å². The van der Waals surface area contributed by atoms with Gasteiger partial charge in [0.1, 0.15) is 0 Å². The van der Waals surface area contributed by atoms with Crippen LogP contribution in [0.3, 0.4) is 0 Å². The fraction of sp³-hybridized carbons (Fsp3) is 0.722. The lowest BCUT2D eigenvalue weighted by Gasteiger charge is -2.31. The highest BCUT2D eigenvalue weighted by atomic mass is 16.3. The van der Waals surface area contributed by atoms with Crippen molar-refractivity contribution in [2.75, 3.05) is 13.1 Å². The molecule has 1 amide bonds. The standard InChI is InChI=1S/C18H29NO2/c1-2-3-4-5-6-7-9-16-11-13-19(14-12-16)18(20)17-10-8-15-21-17/h8,10,15-16H,2-7,9,11-14H2,1H3. The van der Waals surface area contributed by atoms with Crippen LogP contribution >= 0.6 is 0 Å². The van der Waals surface area contributed by atoms with Gasteiger partial charge >= 0.3 is 0 Å². The molecule has 0 unspecified atom stereocenters. The summed E-state index contributed by atoms with van der Waals surface area (Å²) in [6, 6.07) is 3.53. The Morgan fingerprint density at radius 3 is 2.57 bits per heavy atom. The van der Waals surface area contributed by atoms with Crippen molar-refractivity contribution in [3.8, 4) is 0 Å². The number of rotatable bonds is 8. The molecule has 2 heterocycles. The minimum Gasteiger partial charge on any atom is -0.459 e. The summed E-state index contributed by atoms with van der Waals surface area (Å²) in [4.78, 5) is 14.1. The van der Waals surface area contributed by atoms with Crippen LogP contribution < -0.4 is 0 Å². The van der Waals surface area contributed by atoms with Gasteiger partial charge in [0.05, 0.1) is 6.26 Å². The van der Waals surface area contributed by atoms with E-state index in [0.29, 0.717) is 5.76 Å². The Morgan fingerprint density at radius 1 is 1.19 bits per heavy atom. The largest absolute Gasteiger partial charge is 0.459 e. The van der Waals surface area contributed by atoms with Gasteiger partial charge < -0.3 is 9.32 Å². The SMILES string of the molecule is CCCCCCCCC1CCN(C(=O)c2ccco2)CC1. The second kappa shape index (κ2) is 8.91. The number of piperidine rings is 1. The Kier molecular flexibility index (Phi) is 6.84. The van der Waals surface area contributed by atoms with Crippen LogP contribution in [0.2, 0.25) is 0 Å². The summed E-state index contributed by atoms with van der Waals surface area (Å²) in [5.74, 6) is 1.35. The Hall–Kier alpha value is -1.25. The summed E-state index contributed by atoms with van der Waals surface area (Å²) in [5, 5.41) is 0. The van der Waals surface area contributed by atoms with E-state index < -0.39 is 0 Å². The number of unbranched alkanes of at least 4 members (excludes halogenated alkanes) is 5. The van der Waals surface area contributed by atoms with E-state index in [1.807, 2.05) is 4.90 Å². The van der Waals surface area contributed by atoms with Gasteiger partial charge in [-0.3, -0.25) is 4.79 Å². The van der Waals surface area contributed by atoms with Crippen molar-refractivity contribution < 1.29 is 9.21 Å². The van der Waals surface area contributed by atoms with Crippen molar-refractivity contribution in [3.05, 3.63) is 24.2 Å². The zero-order valence-electron chi connectivity index (χ0n) is 13.4. The topological polar surface area (TPSA) is 33.5 Å². The van der Waals surface area contributed by atoms with E-state index in [1.54, 1.807) is 18.4 Å². The number of amides is 1. The predicted octanol–water partition coefficient (Wildman–Crippen LogP) is 4.88. The van der Waals surface area contributed by atoms with Crippen LogP contribution in [0.25, 0.3) is 0 Å². The molecule has 1 aromatic heterocycles. The first-order chi connectivity index (χ1) is 10.3. The predicted molar refractivity (Wildman–Crippen MR) is 85.3 cm³/mol. The first-order valence-electron chi connectivity index (χ1n) is 8.64. The highest BCUT2D eigenvalue weighted by Crippen LogP contribution is 2.24. The van der Waals surface area contributed by atoms with Gasteiger partial charge in [-0.05, 0) is 30.9 Å². The number of hydrogen-bond donors (Lipinski definition) is 0. The number of carbonyl (C=O) groups excluding carboxylic acids is 1. The monoisotopic (exact) mass is 291 g/mol. The Morgan fingerprint density at radius 2 is 1.90 bits per heavy atom. The Labute approximate surface area is 128 Å². The summed E-state index contributed by atoms with van der Waals surface area (Å²) < 4.78 is 5.20. The number of nitrogens with zero attached hydrogens (tertiary/aromatic N) is 1. The number of hydrogen-bond acceptors (Lipinski definition) is 2. The van der Waals surface area contributed by atoms with E-state index in [0.717, 1.165) is 31.8 Å². The minimum atomic E-state index is 0.0537. The quantitative estimate of drug-likeness (QED) is 0.639. The molecule has 21 heavy (non-hydrogen) atoms. The van der Waals surface area contributed by atoms with E-state index in [1.165, 1.54) is 44.9 Å². The zero-order valence-corrected chi connectivity index (χ0v) is 13.4. The molecule has 2 rings (SSSR count). The normalized spacial score (nSPS) is 16.3. The van der Waals surface area contributed by atoms with E-state index >= 15 is 0 Å². The third kappa shape index (κ3) is 5.22. The Balaban J connectivity index is 1.59. The van der Waals surface area contributed by atoms with Gasteiger partial charge in [0, 0.05) is 13.1 Å². The molecule has 3 heteroatoms. The fourth-order valence-electron chi connectivity index (χ4n) is 3.19. The molecular weight excluding hydrogens is 262 g/mol. The summed E-state index contributed by atoms with van der Waals surface area (Å²) in [7, 11) is 0. The lowest BCUT2D eigenvalue weighted by atomic mass is 9.91. The third-order valence-corrected chi connectivity index (χ3v) is 4.60. The molecule has 0 radical (unpaired) electrons. The van der Waals surface area contributed by atoms with Gasteiger partial charge in [-0.25, -0.2) is 0 Å². The van der Waals surface area contributed by atoms with E-state index in [-0.39, 0.29) is 5.91 Å². The number of furan rings is 1. The Bertz CT molecular complexity index is 391. The van der Waals surface area contributed by atoms with Gasteiger partial charge in [-0.2, -0.15) is 0 Å². The maximum Gasteiger partial charge on any atom is 0.289 e. The molecule has 1 aromatic rings. The minimum absolute atomic E-state index is 0.0537. The van der Waals surface area contributed by atoms with Crippen molar-refractivity contribution in [2.24, 2.45) is 5.92 Å². The third-order valence-electron chi connectivity index (χ3n) is 4.60. The first kappa shape index (κ1) is 16.1. The van der Waals surface area contributed by atoms with E-state index in [4.69, 9.17) is 4.42 Å². The molecule has 0 saturated carbocycles. The van der Waals surface area contributed by atoms with E-state index in [2.05, 4.69) is 6.92 Å². The average Bonchev–Trinajstić information content (AvgIpc) is 3.05. The maximum atomic E-state index is 12.2. The molecule has 1 saturated heterocycles. The van der Waals surface area contributed by atoms with Crippen LogP contribution in [0.15, 0.2) is 22.8 Å². The van der Waals surface area contributed by atoms with Gasteiger partial charge in [0.25, 0.3) is 5.91 Å². The molecule has 0 atom stereocenters. The van der Waals surface area contributed by atoms with E-state index in [9.17, 15) is 4.79 Å². The van der Waals surface area contributed by atoms with Gasteiger partial charge in [0.2, 0.25) is 0 Å². The second-order valence-electron chi connectivity index (χ2n) is 6.27. The number of likely N-dealkylation sites (tertiary alicyclic amines) is 1. The summed E-state index contributed by atoms with van der Waals surface area (Å²) in [5.41, 5.74) is 0. The van der Waals surface area contributed by atoms with Crippen LogP contribution in [0.1, 0.15) is 75.3 Å². The van der Waals surface area contributed by atoms with Crippen molar-refractivity contribution in [2.45, 2.75) is 64.7 Å². The van der Waals surface area contributed by atoms with Gasteiger partial charge in [-0.1, -0.05) is 51.9 Å². The van der Waals surface area contributed by atoms with Gasteiger partial charge in [-0.15, -0.1) is 0 Å². The number of carbonyl (C=O) groups is 1. The van der Waals surface area contributed by atoms with Crippen molar-refractivity contribution in [1.82, 2.24) is 4.90 Å². The summed E-state index contributed by atoms with van der Waals surface area (Å²) in [6.07, 6.45) is 13.5. The molecule has 0 spiro atoms. The molecule has 118 valence electrons. The van der Waals surface area contributed by atoms with Gasteiger partial charge in [0.15, 0.2) is 5.76 Å². The molecule has 0 bridgehead atoms. The highest BCUT2D eigenvalue weighted by molar-refractivity contribution is 5.91. The molecule has 1 aliphatic rings. The molecule has 1 aliphatic heterocycles. The highest BCUT2D eigenvalue weighted by Gasteiger charge is 2.24. The summed E-state index contributed by atoms with van der Waals surface area (Å²) in [6.45, 7) is 4.04.